The van der Waals surface area contributed by atoms with E-state index in [2.05, 4.69) is 10.6 Å². The number of carboxylic acids is 1. The molecule has 2 aromatic rings. The van der Waals surface area contributed by atoms with Gasteiger partial charge in [-0.1, -0.05) is 36.8 Å². The number of rotatable bonds is 13. The standard InChI is InChI=1S/C24H30N2O5/c1-18(19-9-8-12-21(17-19)31-20-10-4-2-5-11-20)24(30)26-16-14-22(27)25-15-7-3-6-13-23(28)29/h2,4-5,8-12,17-18H,3,6-7,13-16H2,1H3,(H,25,27)(H,26,30)(H,28,29). The van der Waals surface area contributed by atoms with Gasteiger partial charge < -0.3 is 20.5 Å². The molecule has 0 bridgehead atoms. The minimum Gasteiger partial charge on any atom is -0.481 e. The Bertz CT molecular complexity index is 854. The van der Waals surface area contributed by atoms with Gasteiger partial charge in [-0.3, -0.25) is 14.4 Å². The van der Waals surface area contributed by atoms with Gasteiger partial charge in [-0.15, -0.1) is 0 Å². The Labute approximate surface area is 182 Å². The third-order valence-corrected chi connectivity index (χ3v) is 4.77. The lowest BCUT2D eigenvalue weighted by molar-refractivity contribution is -0.137. The van der Waals surface area contributed by atoms with Crippen molar-refractivity contribution in [1.29, 1.82) is 0 Å². The van der Waals surface area contributed by atoms with Crippen LogP contribution in [0.3, 0.4) is 0 Å². The van der Waals surface area contributed by atoms with E-state index in [0.29, 0.717) is 18.7 Å². The zero-order valence-electron chi connectivity index (χ0n) is 17.8. The Kier molecular flexibility index (Phi) is 10.1. The highest BCUT2D eigenvalue weighted by Crippen LogP contribution is 2.25. The number of hydrogen-bond donors (Lipinski definition) is 3. The highest BCUT2D eigenvalue weighted by atomic mass is 16.5. The molecule has 0 spiro atoms. The first-order chi connectivity index (χ1) is 15.0. The van der Waals surface area contributed by atoms with Crippen molar-refractivity contribution in [2.75, 3.05) is 13.1 Å². The van der Waals surface area contributed by atoms with Crippen molar-refractivity contribution in [3.8, 4) is 11.5 Å². The Hall–Kier alpha value is -3.35. The molecule has 2 aromatic carbocycles. The topological polar surface area (TPSA) is 105 Å². The van der Waals surface area contributed by atoms with Crippen molar-refractivity contribution >= 4 is 17.8 Å². The van der Waals surface area contributed by atoms with Gasteiger partial charge in [0.05, 0.1) is 5.92 Å². The van der Waals surface area contributed by atoms with Crippen molar-refractivity contribution in [2.24, 2.45) is 0 Å². The van der Waals surface area contributed by atoms with Crippen molar-refractivity contribution in [2.45, 2.75) is 44.9 Å². The van der Waals surface area contributed by atoms with E-state index in [0.717, 1.165) is 24.2 Å². The van der Waals surface area contributed by atoms with Crippen LogP contribution in [0.5, 0.6) is 11.5 Å². The number of carbonyl (C=O) groups excluding carboxylic acids is 2. The summed E-state index contributed by atoms with van der Waals surface area (Å²) in [5.41, 5.74) is 0.830. The van der Waals surface area contributed by atoms with Gasteiger partial charge in [0, 0.05) is 25.9 Å². The molecule has 31 heavy (non-hydrogen) atoms. The Morgan fingerprint density at radius 1 is 0.871 bits per heavy atom. The zero-order valence-corrected chi connectivity index (χ0v) is 17.8. The van der Waals surface area contributed by atoms with Crippen LogP contribution in [0.15, 0.2) is 54.6 Å². The molecule has 0 fully saturated rings. The van der Waals surface area contributed by atoms with Gasteiger partial charge in [0.25, 0.3) is 0 Å². The van der Waals surface area contributed by atoms with E-state index in [9.17, 15) is 14.4 Å². The van der Waals surface area contributed by atoms with Gasteiger partial charge in [0.15, 0.2) is 0 Å². The van der Waals surface area contributed by atoms with E-state index < -0.39 is 5.97 Å². The van der Waals surface area contributed by atoms with E-state index >= 15 is 0 Å². The summed E-state index contributed by atoms with van der Waals surface area (Å²) in [5, 5.41) is 14.2. The summed E-state index contributed by atoms with van der Waals surface area (Å²) >= 11 is 0. The van der Waals surface area contributed by atoms with E-state index in [-0.39, 0.29) is 37.1 Å². The van der Waals surface area contributed by atoms with Gasteiger partial charge in [-0.2, -0.15) is 0 Å². The fourth-order valence-corrected chi connectivity index (χ4v) is 2.97. The monoisotopic (exact) mass is 426 g/mol. The molecule has 2 amide bonds. The van der Waals surface area contributed by atoms with Crippen LogP contribution in [0.2, 0.25) is 0 Å². The van der Waals surface area contributed by atoms with Crippen LogP contribution in [0.1, 0.15) is 50.5 Å². The smallest absolute Gasteiger partial charge is 0.303 e. The average Bonchev–Trinajstić information content (AvgIpc) is 2.76. The summed E-state index contributed by atoms with van der Waals surface area (Å²) in [5.74, 6) is -0.0837. The summed E-state index contributed by atoms with van der Waals surface area (Å²) in [6.07, 6.45) is 2.46. The van der Waals surface area contributed by atoms with Crippen molar-refractivity contribution in [1.82, 2.24) is 10.6 Å². The van der Waals surface area contributed by atoms with Crippen LogP contribution < -0.4 is 15.4 Å². The number of ether oxygens (including phenoxy) is 1. The van der Waals surface area contributed by atoms with Crippen LogP contribution in [-0.2, 0) is 14.4 Å². The number of para-hydroxylation sites is 1. The lowest BCUT2D eigenvalue weighted by Gasteiger charge is -2.14. The normalized spacial score (nSPS) is 11.4. The molecule has 0 heterocycles. The van der Waals surface area contributed by atoms with Gasteiger partial charge in [0.1, 0.15) is 11.5 Å². The van der Waals surface area contributed by atoms with Crippen LogP contribution in [0, 0.1) is 0 Å². The van der Waals surface area contributed by atoms with Crippen LogP contribution in [0.25, 0.3) is 0 Å². The van der Waals surface area contributed by atoms with Crippen molar-refractivity contribution in [3.63, 3.8) is 0 Å². The SMILES string of the molecule is CC(C(=O)NCCC(=O)NCCCCCC(=O)O)c1cccc(Oc2ccccc2)c1. The van der Waals surface area contributed by atoms with Gasteiger partial charge in [-0.05, 0) is 49.6 Å². The molecule has 0 radical (unpaired) electrons. The van der Waals surface area contributed by atoms with Crippen LogP contribution in [0.4, 0.5) is 0 Å². The summed E-state index contributed by atoms with van der Waals surface area (Å²) in [6.45, 7) is 2.58. The summed E-state index contributed by atoms with van der Waals surface area (Å²) in [7, 11) is 0. The first kappa shape index (κ1) is 23.9. The lowest BCUT2D eigenvalue weighted by atomic mass is 10.00. The summed E-state index contributed by atoms with van der Waals surface area (Å²) in [4.78, 5) is 34.7. The van der Waals surface area contributed by atoms with Crippen molar-refractivity contribution < 1.29 is 24.2 Å². The second kappa shape index (κ2) is 13.1. The number of benzene rings is 2. The molecule has 2 rings (SSSR count). The largest absolute Gasteiger partial charge is 0.481 e. The number of carboxylic acid groups (broad SMARTS) is 1. The predicted molar refractivity (Wildman–Crippen MR) is 118 cm³/mol. The molecule has 0 aromatic heterocycles. The first-order valence-electron chi connectivity index (χ1n) is 10.5. The summed E-state index contributed by atoms with van der Waals surface area (Å²) in [6, 6.07) is 16.8. The van der Waals surface area contributed by atoms with E-state index in [1.54, 1.807) is 0 Å². The molecule has 0 aliphatic rings. The molecule has 1 unspecified atom stereocenters. The highest BCUT2D eigenvalue weighted by molar-refractivity contribution is 5.84. The number of nitrogens with one attached hydrogen (secondary N) is 2. The van der Waals surface area contributed by atoms with Crippen LogP contribution in [-0.4, -0.2) is 36.0 Å². The lowest BCUT2D eigenvalue weighted by Crippen LogP contribution is -2.33. The van der Waals surface area contributed by atoms with E-state index in [4.69, 9.17) is 9.84 Å². The second-order valence-corrected chi connectivity index (χ2v) is 7.30. The molecular weight excluding hydrogens is 396 g/mol. The van der Waals surface area contributed by atoms with E-state index in [1.165, 1.54) is 0 Å². The van der Waals surface area contributed by atoms with Crippen molar-refractivity contribution in [3.05, 3.63) is 60.2 Å². The third kappa shape index (κ3) is 9.33. The summed E-state index contributed by atoms with van der Waals surface area (Å²) < 4.78 is 5.82. The second-order valence-electron chi connectivity index (χ2n) is 7.30. The van der Waals surface area contributed by atoms with E-state index in [1.807, 2.05) is 61.5 Å². The molecule has 7 nitrogen and oxygen atoms in total. The van der Waals surface area contributed by atoms with Gasteiger partial charge >= 0.3 is 5.97 Å². The minimum atomic E-state index is -0.801. The minimum absolute atomic E-state index is 0.135. The molecule has 0 aliphatic carbocycles. The molecule has 1 atom stereocenters. The maximum Gasteiger partial charge on any atom is 0.303 e. The molecule has 7 heteroatoms. The zero-order chi connectivity index (χ0) is 22.5. The fourth-order valence-electron chi connectivity index (χ4n) is 2.97. The van der Waals surface area contributed by atoms with Gasteiger partial charge in [0.2, 0.25) is 11.8 Å². The molecule has 166 valence electrons. The Balaban J connectivity index is 1.69. The number of hydrogen-bond acceptors (Lipinski definition) is 4. The fraction of sp³-hybridized carbons (Fsp3) is 0.375. The molecule has 0 aliphatic heterocycles. The maximum absolute atomic E-state index is 12.5. The third-order valence-electron chi connectivity index (χ3n) is 4.77. The predicted octanol–water partition coefficient (Wildman–Crippen LogP) is 3.85. The average molecular weight is 427 g/mol. The Morgan fingerprint density at radius 3 is 2.35 bits per heavy atom. The molecule has 0 saturated heterocycles. The molecular formula is C24H30N2O5. The first-order valence-corrected chi connectivity index (χ1v) is 10.5. The number of carbonyl (C=O) groups is 3. The van der Waals surface area contributed by atoms with Crippen LogP contribution >= 0.6 is 0 Å². The number of aliphatic carboxylic acids is 1. The molecule has 0 saturated carbocycles. The molecule has 3 N–H and O–H groups in total. The maximum atomic E-state index is 12.5. The highest BCUT2D eigenvalue weighted by Gasteiger charge is 2.16. The Morgan fingerprint density at radius 2 is 1.61 bits per heavy atom. The number of amides is 2. The quantitative estimate of drug-likeness (QED) is 0.422. The number of unbranched alkanes of at least 4 members (excludes halogenated alkanes) is 2. The van der Waals surface area contributed by atoms with Gasteiger partial charge in [-0.25, -0.2) is 0 Å².